The lowest BCUT2D eigenvalue weighted by atomic mass is 10.0. The van der Waals surface area contributed by atoms with Crippen molar-refractivity contribution in [2.24, 2.45) is 0 Å². The number of piperidine rings is 1. The van der Waals surface area contributed by atoms with Crippen LogP contribution in [0, 0.1) is 0 Å². The molecule has 3 rings (SSSR count). The number of hydrogen-bond acceptors (Lipinski definition) is 4. The van der Waals surface area contributed by atoms with Gasteiger partial charge in [-0.25, -0.2) is 0 Å². The van der Waals surface area contributed by atoms with Gasteiger partial charge in [-0.05, 0) is 31.0 Å². The van der Waals surface area contributed by atoms with E-state index in [4.69, 9.17) is 9.84 Å². The van der Waals surface area contributed by atoms with Crippen LogP contribution in [-0.4, -0.2) is 37.5 Å². The molecule has 24 heavy (non-hydrogen) atoms. The molecule has 2 aromatic carbocycles. The van der Waals surface area contributed by atoms with Crippen LogP contribution in [0.2, 0.25) is 0 Å². The van der Waals surface area contributed by atoms with Crippen molar-refractivity contribution in [2.45, 2.75) is 25.4 Å². The van der Waals surface area contributed by atoms with Crippen molar-refractivity contribution in [2.75, 3.05) is 31.2 Å². The highest BCUT2D eigenvalue weighted by atomic mass is 16.5. The van der Waals surface area contributed by atoms with Crippen molar-refractivity contribution in [3.8, 4) is 5.75 Å². The van der Waals surface area contributed by atoms with Gasteiger partial charge in [0.15, 0.2) is 0 Å². The average Bonchev–Trinajstić information content (AvgIpc) is 2.66. The summed E-state index contributed by atoms with van der Waals surface area (Å²) in [6.45, 7) is 3.36. The van der Waals surface area contributed by atoms with E-state index in [2.05, 4.69) is 46.6 Å². The Kier molecular flexibility index (Phi) is 6.10. The maximum atomic E-state index is 8.93. The molecule has 0 aliphatic carbocycles. The summed E-state index contributed by atoms with van der Waals surface area (Å²) in [6.07, 6.45) is 2.29. The molecule has 1 aliphatic heterocycles. The predicted octanol–water partition coefficient (Wildman–Crippen LogP) is 2.82. The summed E-state index contributed by atoms with van der Waals surface area (Å²) in [5.74, 6) is 0.862. The first kappa shape index (κ1) is 16.8. The van der Waals surface area contributed by atoms with E-state index in [-0.39, 0.29) is 6.61 Å². The summed E-state index contributed by atoms with van der Waals surface area (Å²) in [7, 11) is 0. The molecule has 0 atom stereocenters. The Labute approximate surface area is 144 Å². The van der Waals surface area contributed by atoms with Gasteiger partial charge in [0.05, 0.1) is 6.61 Å². The number of ether oxygens (including phenoxy) is 1. The van der Waals surface area contributed by atoms with E-state index in [1.807, 2.05) is 18.2 Å². The van der Waals surface area contributed by atoms with Crippen molar-refractivity contribution in [3.63, 3.8) is 0 Å². The predicted molar refractivity (Wildman–Crippen MR) is 97.5 cm³/mol. The summed E-state index contributed by atoms with van der Waals surface area (Å²) in [6, 6.07) is 19.2. The second-order valence-corrected chi connectivity index (χ2v) is 6.16. The molecule has 0 unspecified atom stereocenters. The summed E-state index contributed by atoms with van der Waals surface area (Å²) in [5, 5.41) is 12.6. The lowest BCUT2D eigenvalue weighted by molar-refractivity contribution is 0.200. The minimum atomic E-state index is 0.0414. The summed E-state index contributed by atoms with van der Waals surface area (Å²) >= 11 is 0. The molecule has 0 spiro atoms. The van der Waals surface area contributed by atoms with Crippen LogP contribution in [0.4, 0.5) is 5.69 Å². The molecule has 1 fully saturated rings. The monoisotopic (exact) mass is 326 g/mol. The van der Waals surface area contributed by atoms with Gasteiger partial charge in [0.1, 0.15) is 12.4 Å². The number of rotatable bonds is 7. The van der Waals surface area contributed by atoms with Crippen LogP contribution in [-0.2, 0) is 6.54 Å². The lowest BCUT2D eigenvalue weighted by Crippen LogP contribution is -2.42. The quantitative estimate of drug-likeness (QED) is 0.821. The van der Waals surface area contributed by atoms with Crippen molar-refractivity contribution in [1.29, 1.82) is 0 Å². The van der Waals surface area contributed by atoms with E-state index < -0.39 is 0 Å². The lowest BCUT2D eigenvalue weighted by Gasteiger charge is -2.34. The molecule has 1 heterocycles. The molecule has 0 saturated carbocycles. The molecule has 4 heteroatoms. The Bertz CT molecular complexity index is 610. The maximum Gasteiger partial charge on any atom is 0.123 e. The number of para-hydroxylation sites is 2. The third-order valence-corrected chi connectivity index (χ3v) is 4.52. The Balaban J connectivity index is 1.49. The molecule has 0 amide bonds. The molecule has 0 aromatic heterocycles. The van der Waals surface area contributed by atoms with Crippen LogP contribution in [0.1, 0.15) is 18.4 Å². The fourth-order valence-electron chi connectivity index (χ4n) is 3.18. The number of nitrogens with one attached hydrogen (secondary N) is 1. The summed E-state index contributed by atoms with van der Waals surface area (Å²) in [4.78, 5) is 2.45. The van der Waals surface area contributed by atoms with E-state index in [1.165, 1.54) is 5.69 Å². The largest absolute Gasteiger partial charge is 0.491 e. The van der Waals surface area contributed by atoms with Gasteiger partial charge in [-0.2, -0.15) is 0 Å². The zero-order valence-electron chi connectivity index (χ0n) is 14.0. The number of aliphatic hydroxyl groups is 1. The van der Waals surface area contributed by atoms with Crippen molar-refractivity contribution >= 4 is 5.69 Å². The number of nitrogens with zero attached hydrogens (tertiary/aromatic N) is 1. The summed E-state index contributed by atoms with van der Waals surface area (Å²) in [5.41, 5.74) is 2.47. The standard InChI is InChI=1S/C20H26N2O2/c23-14-15-24-20-9-5-4-6-17(20)16-21-18-10-12-22(13-11-18)19-7-2-1-3-8-19/h1-9,18,21,23H,10-16H2. The highest BCUT2D eigenvalue weighted by molar-refractivity contribution is 5.46. The van der Waals surface area contributed by atoms with Crippen LogP contribution < -0.4 is 15.0 Å². The van der Waals surface area contributed by atoms with E-state index in [1.54, 1.807) is 0 Å². The highest BCUT2D eigenvalue weighted by Gasteiger charge is 2.19. The molecular weight excluding hydrogens is 300 g/mol. The van der Waals surface area contributed by atoms with E-state index in [0.29, 0.717) is 12.6 Å². The molecule has 128 valence electrons. The van der Waals surface area contributed by atoms with Crippen molar-refractivity contribution in [1.82, 2.24) is 5.32 Å². The van der Waals surface area contributed by atoms with Crippen LogP contribution in [0.25, 0.3) is 0 Å². The van der Waals surface area contributed by atoms with Crippen molar-refractivity contribution in [3.05, 3.63) is 60.2 Å². The van der Waals surface area contributed by atoms with Gasteiger partial charge in [-0.15, -0.1) is 0 Å². The first-order valence-electron chi connectivity index (χ1n) is 8.72. The van der Waals surface area contributed by atoms with Gasteiger partial charge in [0, 0.05) is 36.9 Å². The van der Waals surface area contributed by atoms with E-state index in [9.17, 15) is 0 Å². The van der Waals surface area contributed by atoms with Crippen LogP contribution in [0.3, 0.4) is 0 Å². The maximum absolute atomic E-state index is 8.93. The molecule has 0 radical (unpaired) electrons. The number of benzene rings is 2. The van der Waals surface area contributed by atoms with Gasteiger partial charge in [0.2, 0.25) is 0 Å². The number of anilines is 1. The molecule has 0 bridgehead atoms. The smallest absolute Gasteiger partial charge is 0.123 e. The number of aliphatic hydroxyl groups excluding tert-OH is 1. The molecule has 2 aromatic rings. The zero-order valence-corrected chi connectivity index (χ0v) is 14.0. The second kappa shape index (κ2) is 8.71. The second-order valence-electron chi connectivity index (χ2n) is 6.16. The topological polar surface area (TPSA) is 44.7 Å². The van der Waals surface area contributed by atoms with Gasteiger partial charge in [0.25, 0.3) is 0 Å². The molecule has 1 saturated heterocycles. The molecular formula is C20H26N2O2. The van der Waals surface area contributed by atoms with Gasteiger partial charge >= 0.3 is 0 Å². The molecule has 1 aliphatic rings. The number of hydrogen-bond donors (Lipinski definition) is 2. The van der Waals surface area contributed by atoms with Crippen LogP contribution >= 0.6 is 0 Å². The zero-order chi connectivity index (χ0) is 16.6. The Morgan fingerprint density at radius 1 is 1.00 bits per heavy atom. The third kappa shape index (κ3) is 4.49. The fraction of sp³-hybridized carbons (Fsp3) is 0.400. The SMILES string of the molecule is OCCOc1ccccc1CNC1CCN(c2ccccc2)CC1. The third-order valence-electron chi connectivity index (χ3n) is 4.52. The normalized spacial score (nSPS) is 15.5. The first-order chi connectivity index (χ1) is 11.9. The Hall–Kier alpha value is -2.04. The Morgan fingerprint density at radius 2 is 1.71 bits per heavy atom. The van der Waals surface area contributed by atoms with E-state index >= 15 is 0 Å². The summed E-state index contributed by atoms with van der Waals surface area (Å²) < 4.78 is 5.60. The van der Waals surface area contributed by atoms with Gasteiger partial charge < -0.3 is 20.1 Å². The van der Waals surface area contributed by atoms with Crippen LogP contribution in [0.5, 0.6) is 5.75 Å². The fourth-order valence-corrected chi connectivity index (χ4v) is 3.18. The molecule has 4 nitrogen and oxygen atoms in total. The minimum absolute atomic E-state index is 0.0414. The minimum Gasteiger partial charge on any atom is -0.491 e. The van der Waals surface area contributed by atoms with Gasteiger partial charge in [-0.1, -0.05) is 36.4 Å². The van der Waals surface area contributed by atoms with Crippen LogP contribution in [0.15, 0.2) is 54.6 Å². The molecule has 2 N–H and O–H groups in total. The van der Waals surface area contributed by atoms with Crippen molar-refractivity contribution < 1.29 is 9.84 Å². The Morgan fingerprint density at radius 3 is 2.46 bits per heavy atom. The van der Waals surface area contributed by atoms with Gasteiger partial charge in [-0.3, -0.25) is 0 Å². The first-order valence-corrected chi connectivity index (χ1v) is 8.72. The van der Waals surface area contributed by atoms with E-state index in [0.717, 1.165) is 43.8 Å². The highest BCUT2D eigenvalue weighted by Crippen LogP contribution is 2.21. The average molecular weight is 326 g/mol.